The highest BCUT2D eigenvalue weighted by Crippen LogP contribution is 2.31. The summed E-state index contributed by atoms with van der Waals surface area (Å²) in [6.45, 7) is 3.53. The quantitative estimate of drug-likeness (QED) is 0.700. The fraction of sp³-hybridized carbons (Fsp3) is 0.471. The molecular formula is C17H20N6O2. The van der Waals surface area contributed by atoms with Gasteiger partial charge in [0.25, 0.3) is 0 Å². The standard InChI is InChI=1S/C17H20N6O2/c1-2-14-19-17(25-21-14)13-7-3-4-9-23(13)11-15-20-16(22-24-15)12-6-5-8-18-10-12/h5-6,8,10,13H,2-4,7,9,11H2,1H3/t13-/m0/s1. The number of likely N-dealkylation sites (tertiary alicyclic amines) is 1. The molecule has 0 amide bonds. The van der Waals surface area contributed by atoms with Crippen LogP contribution >= 0.6 is 0 Å². The largest absolute Gasteiger partial charge is 0.338 e. The maximum Gasteiger partial charge on any atom is 0.244 e. The van der Waals surface area contributed by atoms with Gasteiger partial charge in [-0.15, -0.1) is 0 Å². The van der Waals surface area contributed by atoms with Crippen LogP contribution in [-0.4, -0.2) is 36.7 Å². The fourth-order valence-electron chi connectivity index (χ4n) is 3.11. The first-order valence-electron chi connectivity index (χ1n) is 8.63. The zero-order valence-corrected chi connectivity index (χ0v) is 14.1. The third-order valence-corrected chi connectivity index (χ3v) is 4.42. The molecule has 130 valence electrons. The summed E-state index contributed by atoms with van der Waals surface area (Å²) >= 11 is 0. The van der Waals surface area contributed by atoms with Crippen molar-refractivity contribution in [3.05, 3.63) is 42.1 Å². The Bertz CT molecular complexity index is 815. The summed E-state index contributed by atoms with van der Waals surface area (Å²) < 4.78 is 10.9. The summed E-state index contributed by atoms with van der Waals surface area (Å²) in [4.78, 5) is 15.4. The molecule has 25 heavy (non-hydrogen) atoms. The van der Waals surface area contributed by atoms with Crippen LogP contribution in [0.4, 0.5) is 0 Å². The summed E-state index contributed by atoms with van der Waals surface area (Å²) in [5.74, 6) is 2.57. The van der Waals surface area contributed by atoms with Crippen molar-refractivity contribution >= 4 is 0 Å². The third-order valence-electron chi connectivity index (χ3n) is 4.42. The van der Waals surface area contributed by atoms with E-state index in [1.54, 1.807) is 12.4 Å². The lowest BCUT2D eigenvalue weighted by molar-refractivity contribution is 0.0986. The Balaban J connectivity index is 1.51. The van der Waals surface area contributed by atoms with E-state index in [1.165, 1.54) is 0 Å². The minimum Gasteiger partial charge on any atom is -0.338 e. The molecule has 0 bridgehead atoms. The van der Waals surface area contributed by atoms with Gasteiger partial charge in [0.2, 0.25) is 17.6 Å². The number of hydrogen-bond donors (Lipinski definition) is 0. The van der Waals surface area contributed by atoms with E-state index in [9.17, 15) is 0 Å². The summed E-state index contributed by atoms with van der Waals surface area (Å²) in [5, 5.41) is 8.09. The number of piperidine rings is 1. The lowest BCUT2D eigenvalue weighted by Gasteiger charge is -2.31. The molecule has 3 aromatic heterocycles. The molecule has 4 heterocycles. The van der Waals surface area contributed by atoms with E-state index < -0.39 is 0 Å². The molecule has 0 aromatic carbocycles. The van der Waals surface area contributed by atoms with Crippen LogP contribution < -0.4 is 0 Å². The first-order chi connectivity index (χ1) is 12.3. The number of rotatable bonds is 5. The van der Waals surface area contributed by atoms with Crippen molar-refractivity contribution in [2.24, 2.45) is 0 Å². The van der Waals surface area contributed by atoms with Gasteiger partial charge in [-0.05, 0) is 31.5 Å². The number of hydrogen-bond acceptors (Lipinski definition) is 8. The highest BCUT2D eigenvalue weighted by molar-refractivity contribution is 5.51. The highest BCUT2D eigenvalue weighted by atomic mass is 16.5. The van der Waals surface area contributed by atoms with Crippen molar-refractivity contribution in [3.8, 4) is 11.4 Å². The molecular weight excluding hydrogens is 320 g/mol. The van der Waals surface area contributed by atoms with Crippen molar-refractivity contribution in [1.29, 1.82) is 0 Å². The molecule has 1 fully saturated rings. The van der Waals surface area contributed by atoms with Crippen LogP contribution in [0.3, 0.4) is 0 Å². The van der Waals surface area contributed by atoms with E-state index in [1.807, 2.05) is 19.1 Å². The molecule has 0 spiro atoms. The first kappa shape index (κ1) is 15.9. The summed E-state index contributed by atoms with van der Waals surface area (Å²) in [6.07, 6.45) is 7.49. The molecule has 1 aliphatic heterocycles. The van der Waals surface area contributed by atoms with E-state index in [0.29, 0.717) is 24.2 Å². The van der Waals surface area contributed by atoms with Gasteiger partial charge in [-0.1, -0.05) is 23.7 Å². The van der Waals surface area contributed by atoms with Crippen LogP contribution in [-0.2, 0) is 13.0 Å². The Morgan fingerprint density at radius 2 is 2.16 bits per heavy atom. The van der Waals surface area contributed by atoms with Gasteiger partial charge in [0, 0.05) is 24.4 Å². The fourth-order valence-corrected chi connectivity index (χ4v) is 3.11. The predicted molar refractivity (Wildman–Crippen MR) is 88.2 cm³/mol. The van der Waals surface area contributed by atoms with Gasteiger partial charge < -0.3 is 9.05 Å². The molecule has 0 radical (unpaired) electrons. The van der Waals surface area contributed by atoms with E-state index in [0.717, 1.165) is 43.6 Å². The summed E-state index contributed by atoms with van der Waals surface area (Å²) in [6, 6.07) is 3.87. The second kappa shape index (κ2) is 7.10. The minimum absolute atomic E-state index is 0.107. The number of aryl methyl sites for hydroxylation is 1. The molecule has 8 heteroatoms. The monoisotopic (exact) mass is 340 g/mol. The molecule has 4 rings (SSSR count). The van der Waals surface area contributed by atoms with Crippen molar-refractivity contribution < 1.29 is 9.05 Å². The van der Waals surface area contributed by atoms with Crippen molar-refractivity contribution in [3.63, 3.8) is 0 Å². The Labute approximate surface area is 145 Å². The van der Waals surface area contributed by atoms with Crippen LogP contribution in [0.2, 0.25) is 0 Å². The lowest BCUT2D eigenvalue weighted by atomic mass is 10.0. The van der Waals surface area contributed by atoms with Gasteiger partial charge in [-0.2, -0.15) is 9.97 Å². The maximum absolute atomic E-state index is 5.46. The molecule has 8 nitrogen and oxygen atoms in total. The van der Waals surface area contributed by atoms with Crippen LogP contribution in [0, 0.1) is 0 Å². The second-order valence-electron chi connectivity index (χ2n) is 6.14. The van der Waals surface area contributed by atoms with E-state index >= 15 is 0 Å². The Kier molecular flexibility index (Phi) is 4.51. The van der Waals surface area contributed by atoms with Gasteiger partial charge in [0.15, 0.2) is 5.82 Å². The molecule has 1 aliphatic rings. The van der Waals surface area contributed by atoms with Crippen molar-refractivity contribution in [2.75, 3.05) is 6.54 Å². The average molecular weight is 340 g/mol. The van der Waals surface area contributed by atoms with Crippen LogP contribution in [0.5, 0.6) is 0 Å². The van der Waals surface area contributed by atoms with Crippen LogP contribution in [0.25, 0.3) is 11.4 Å². The molecule has 1 atom stereocenters. The highest BCUT2D eigenvalue weighted by Gasteiger charge is 2.30. The van der Waals surface area contributed by atoms with E-state index in [4.69, 9.17) is 9.05 Å². The molecule has 1 saturated heterocycles. The zero-order chi connectivity index (χ0) is 17.1. The first-order valence-corrected chi connectivity index (χ1v) is 8.63. The van der Waals surface area contributed by atoms with Gasteiger partial charge in [-0.25, -0.2) is 0 Å². The maximum atomic E-state index is 5.46. The lowest BCUT2D eigenvalue weighted by Crippen LogP contribution is -2.33. The Morgan fingerprint density at radius 3 is 2.96 bits per heavy atom. The predicted octanol–water partition coefficient (Wildman–Crippen LogP) is 2.80. The number of nitrogens with zero attached hydrogens (tertiary/aromatic N) is 6. The second-order valence-corrected chi connectivity index (χ2v) is 6.14. The summed E-state index contributed by atoms with van der Waals surface area (Å²) in [7, 11) is 0. The van der Waals surface area contributed by atoms with E-state index in [-0.39, 0.29) is 6.04 Å². The van der Waals surface area contributed by atoms with Gasteiger partial charge in [-0.3, -0.25) is 9.88 Å². The molecule has 3 aromatic rings. The van der Waals surface area contributed by atoms with Crippen molar-refractivity contribution in [1.82, 2.24) is 30.2 Å². The Morgan fingerprint density at radius 1 is 1.20 bits per heavy atom. The topological polar surface area (TPSA) is 94.0 Å². The SMILES string of the molecule is CCc1noc([C@@H]2CCCCN2Cc2nc(-c3cccnc3)no2)n1. The van der Waals surface area contributed by atoms with Crippen LogP contribution in [0.15, 0.2) is 33.6 Å². The molecule has 0 saturated carbocycles. The van der Waals surface area contributed by atoms with Crippen LogP contribution in [0.1, 0.15) is 49.8 Å². The zero-order valence-electron chi connectivity index (χ0n) is 14.1. The molecule has 0 N–H and O–H groups in total. The van der Waals surface area contributed by atoms with Gasteiger partial charge in [0.1, 0.15) is 0 Å². The van der Waals surface area contributed by atoms with E-state index in [2.05, 4.69) is 30.2 Å². The summed E-state index contributed by atoms with van der Waals surface area (Å²) in [5.41, 5.74) is 0.845. The Hall–Kier alpha value is -2.61. The minimum atomic E-state index is 0.107. The van der Waals surface area contributed by atoms with Crippen molar-refractivity contribution in [2.45, 2.75) is 45.2 Å². The van der Waals surface area contributed by atoms with Gasteiger partial charge >= 0.3 is 0 Å². The normalized spacial score (nSPS) is 18.5. The van der Waals surface area contributed by atoms with Gasteiger partial charge in [0.05, 0.1) is 12.6 Å². The average Bonchev–Trinajstić information content (AvgIpc) is 3.32. The smallest absolute Gasteiger partial charge is 0.244 e. The molecule has 0 aliphatic carbocycles. The third kappa shape index (κ3) is 3.43. The molecule has 0 unspecified atom stereocenters. The number of pyridine rings is 1. The number of aromatic nitrogens is 5.